The van der Waals surface area contributed by atoms with Crippen LogP contribution in [0.4, 0.5) is 0 Å². The van der Waals surface area contributed by atoms with Gasteiger partial charge in [-0.3, -0.25) is 9.59 Å². The maximum absolute atomic E-state index is 11.5. The molecule has 0 radical (unpaired) electrons. The van der Waals surface area contributed by atoms with E-state index in [4.69, 9.17) is 4.74 Å². The van der Waals surface area contributed by atoms with Crippen molar-refractivity contribution >= 4 is 27.5 Å². The van der Waals surface area contributed by atoms with E-state index < -0.39 is 0 Å². The lowest BCUT2D eigenvalue weighted by atomic mass is 9.82. The standard InChI is InChI=1S/C13H13BrO3/c1-17-13-3-2-9(14)6-12(13)8-4-10(15)7-11(16)5-8/h2-3,6,8H,4-5,7H2,1H3. The molecule has 17 heavy (non-hydrogen) atoms. The van der Waals surface area contributed by atoms with Gasteiger partial charge in [0, 0.05) is 23.2 Å². The molecule has 1 aliphatic carbocycles. The topological polar surface area (TPSA) is 43.4 Å². The summed E-state index contributed by atoms with van der Waals surface area (Å²) in [6, 6.07) is 5.66. The maximum Gasteiger partial charge on any atom is 0.140 e. The van der Waals surface area contributed by atoms with Gasteiger partial charge in [-0.2, -0.15) is 0 Å². The van der Waals surface area contributed by atoms with Gasteiger partial charge in [0.25, 0.3) is 0 Å². The second kappa shape index (κ2) is 5.00. The average molecular weight is 297 g/mol. The zero-order chi connectivity index (χ0) is 12.4. The lowest BCUT2D eigenvalue weighted by Crippen LogP contribution is -2.21. The fourth-order valence-electron chi connectivity index (χ4n) is 2.23. The number of hydrogen-bond acceptors (Lipinski definition) is 3. The minimum Gasteiger partial charge on any atom is -0.496 e. The van der Waals surface area contributed by atoms with Gasteiger partial charge < -0.3 is 4.74 Å². The van der Waals surface area contributed by atoms with E-state index in [1.54, 1.807) is 7.11 Å². The first-order chi connectivity index (χ1) is 8.10. The first-order valence-electron chi connectivity index (χ1n) is 5.47. The van der Waals surface area contributed by atoms with Crippen LogP contribution in [0.1, 0.15) is 30.7 Å². The molecular formula is C13H13BrO3. The molecule has 0 saturated heterocycles. The van der Waals surface area contributed by atoms with Crippen molar-refractivity contribution in [2.24, 2.45) is 0 Å². The molecule has 0 aromatic heterocycles. The summed E-state index contributed by atoms with van der Waals surface area (Å²) in [6.07, 6.45) is 0.948. The Kier molecular flexibility index (Phi) is 3.62. The summed E-state index contributed by atoms with van der Waals surface area (Å²) < 4.78 is 6.21. The second-order valence-corrected chi connectivity index (χ2v) is 5.16. The van der Waals surface area contributed by atoms with Gasteiger partial charge in [-0.05, 0) is 23.8 Å². The Morgan fingerprint density at radius 2 is 1.88 bits per heavy atom. The SMILES string of the molecule is COc1ccc(Br)cc1C1CC(=O)CC(=O)C1. The highest BCUT2D eigenvalue weighted by Gasteiger charge is 2.28. The fourth-order valence-corrected chi connectivity index (χ4v) is 2.61. The molecule has 0 spiro atoms. The monoisotopic (exact) mass is 296 g/mol. The van der Waals surface area contributed by atoms with E-state index in [-0.39, 0.29) is 23.9 Å². The number of benzene rings is 1. The maximum atomic E-state index is 11.5. The highest BCUT2D eigenvalue weighted by molar-refractivity contribution is 9.10. The van der Waals surface area contributed by atoms with Gasteiger partial charge in [-0.15, -0.1) is 0 Å². The van der Waals surface area contributed by atoms with Gasteiger partial charge in [0.1, 0.15) is 17.3 Å². The third-order valence-electron chi connectivity index (χ3n) is 2.97. The quantitative estimate of drug-likeness (QED) is 0.788. The molecule has 1 aliphatic rings. The Morgan fingerprint density at radius 3 is 2.47 bits per heavy atom. The van der Waals surface area contributed by atoms with Crippen LogP contribution in [0.15, 0.2) is 22.7 Å². The van der Waals surface area contributed by atoms with Crippen LogP contribution in [0.5, 0.6) is 5.75 Å². The molecule has 0 bridgehead atoms. The summed E-state index contributed by atoms with van der Waals surface area (Å²) in [4.78, 5) is 22.9. The predicted octanol–water partition coefficient (Wildman–Crippen LogP) is 2.86. The number of methoxy groups -OCH3 is 1. The van der Waals surface area contributed by atoms with Crippen molar-refractivity contribution in [1.82, 2.24) is 0 Å². The van der Waals surface area contributed by atoms with Gasteiger partial charge in [0.15, 0.2) is 0 Å². The number of ether oxygens (including phenoxy) is 1. The minimum absolute atomic E-state index is 0.0216. The molecule has 0 heterocycles. The Bertz CT molecular complexity index is 452. The van der Waals surface area contributed by atoms with Crippen LogP contribution in [-0.4, -0.2) is 18.7 Å². The first-order valence-corrected chi connectivity index (χ1v) is 6.26. The minimum atomic E-state index is -0.0452. The molecule has 1 fully saturated rings. The van der Waals surface area contributed by atoms with E-state index in [2.05, 4.69) is 15.9 Å². The summed E-state index contributed by atoms with van der Waals surface area (Å²) >= 11 is 3.40. The number of carbonyl (C=O) groups excluding carboxylic acids is 2. The summed E-state index contributed by atoms with van der Waals surface area (Å²) in [5, 5.41) is 0. The number of ketones is 2. The van der Waals surface area contributed by atoms with Gasteiger partial charge in [-0.25, -0.2) is 0 Å². The van der Waals surface area contributed by atoms with E-state index in [9.17, 15) is 9.59 Å². The molecular weight excluding hydrogens is 284 g/mol. The molecule has 4 heteroatoms. The van der Waals surface area contributed by atoms with Gasteiger partial charge in [0.05, 0.1) is 13.5 Å². The van der Waals surface area contributed by atoms with Crippen molar-refractivity contribution in [3.8, 4) is 5.75 Å². The van der Waals surface area contributed by atoms with Crippen LogP contribution >= 0.6 is 15.9 Å². The molecule has 0 atom stereocenters. The Hall–Kier alpha value is -1.16. The number of hydrogen-bond donors (Lipinski definition) is 0. The van der Waals surface area contributed by atoms with E-state index in [0.29, 0.717) is 12.8 Å². The number of Topliss-reactive ketones (excluding diaryl/α,β-unsaturated/α-hetero) is 2. The summed E-state index contributed by atoms with van der Waals surface area (Å²) in [5.41, 5.74) is 0.934. The Morgan fingerprint density at radius 1 is 1.24 bits per heavy atom. The normalized spacial score (nSPS) is 17.3. The second-order valence-electron chi connectivity index (χ2n) is 4.25. The van der Waals surface area contributed by atoms with E-state index >= 15 is 0 Å². The highest BCUT2D eigenvalue weighted by atomic mass is 79.9. The molecule has 0 aliphatic heterocycles. The molecule has 3 nitrogen and oxygen atoms in total. The van der Waals surface area contributed by atoms with E-state index in [0.717, 1.165) is 15.8 Å². The predicted molar refractivity (Wildman–Crippen MR) is 67.3 cm³/mol. The third kappa shape index (κ3) is 2.75. The summed E-state index contributed by atoms with van der Waals surface area (Å²) in [7, 11) is 1.60. The average Bonchev–Trinajstić information content (AvgIpc) is 2.27. The summed E-state index contributed by atoms with van der Waals surface area (Å²) in [6.45, 7) is 0. The van der Waals surface area contributed by atoms with Crippen molar-refractivity contribution in [2.75, 3.05) is 7.11 Å². The number of rotatable bonds is 2. The van der Waals surface area contributed by atoms with Crippen molar-refractivity contribution < 1.29 is 14.3 Å². The fraction of sp³-hybridized carbons (Fsp3) is 0.385. The lowest BCUT2D eigenvalue weighted by Gasteiger charge is -2.22. The first kappa shape index (κ1) is 12.3. The third-order valence-corrected chi connectivity index (χ3v) is 3.47. The van der Waals surface area contributed by atoms with Crippen molar-refractivity contribution in [1.29, 1.82) is 0 Å². The summed E-state index contributed by atoms with van der Waals surface area (Å²) in [5.74, 6) is 0.735. The molecule has 2 rings (SSSR count). The lowest BCUT2D eigenvalue weighted by molar-refractivity contribution is -0.130. The van der Waals surface area contributed by atoms with Crippen molar-refractivity contribution in [3.63, 3.8) is 0 Å². The van der Waals surface area contributed by atoms with Crippen molar-refractivity contribution in [3.05, 3.63) is 28.2 Å². The number of halogens is 1. The number of carbonyl (C=O) groups is 2. The Balaban J connectivity index is 2.35. The molecule has 0 N–H and O–H groups in total. The zero-order valence-corrected chi connectivity index (χ0v) is 11.1. The van der Waals surface area contributed by atoms with Crippen LogP contribution < -0.4 is 4.74 Å². The highest BCUT2D eigenvalue weighted by Crippen LogP contribution is 2.36. The van der Waals surface area contributed by atoms with Gasteiger partial charge in [0.2, 0.25) is 0 Å². The Labute approximate surface area is 108 Å². The van der Waals surface area contributed by atoms with Crippen LogP contribution in [0.2, 0.25) is 0 Å². The van der Waals surface area contributed by atoms with E-state index in [1.807, 2.05) is 18.2 Å². The molecule has 1 saturated carbocycles. The van der Waals surface area contributed by atoms with Gasteiger partial charge >= 0.3 is 0 Å². The molecule has 90 valence electrons. The molecule has 0 unspecified atom stereocenters. The van der Waals surface area contributed by atoms with Gasteiger partial charge in [-0.1, -0.05) is 15.9 Å². The van der Waals surface area contributed by atoms with E-state index in [1.165, 1.54) is 0 Å². The van der Waals surface area contributed by atoms with Crippen LogP contribution in [0, 0.1) is 0 Å². The van der Waals surface area contributed by atoms with Crippen LogP contribution in [0.3, 0.4) is 0 Å². The zero-order valence-electron chi connectivity index (χ0n) is 9.53. The molecule has 0 amide bonds. The van der Waals surface area contributed by atoms with Crippen molar-refractivity contribution in [2.45, 2.75) is 25.2 Å². The van der Waals surface area contributed by atoms with Crippen LogP contribution in [-0.2, 0) is 9.59 Å². The molecule has 1 aromatic rings. The molecule has 1 aromatic carbocycles. The largest absolute Gasteiger partial charge is 0.496 e. The van der Waals surface area contributed by atoms with Crippen LogP contribution in [0.25, 0.3) is 0 Å². The smallest absolute Gasteiger partial charge is 0.140 e.